The number of hydrogen-bond donors (Lipinski definition) is 1. The predicted octanol–water partition coefficient (Wildman–Crippen LogP) is 6.56. The molecular weight excluding hydrogens is 534 g/mol. The van der Waals surface area contributed by atoms with E-state index in [1.807, 2.05) is 17.0 Å². The zero-order chi connectivity index (χ0) is 29.1. The molecule has 5 aliphatic rings. The molecule has 3 aromatic carbocycles. The summed E-state index contributed by atoms with van der Waals surface area (Å²) in [6.07, 6.45) is 9.55. The molecule has 1 saturated carbocycles. The normalized spacial score (nSPS) is 22.7. The molecule has 1 aliphatic carbocycles. The molecule has 1 unspecified atom stereocenters. The van der Waals surface area contributed by atoms with Crippen LogP contribution in [-0.4, -0.2) is 44.1 Å². The van der Waals surface area contributed by atoms with Gasteiger partial charge in [0.1, 0.15) is 5.75 Å². The zero-order valence-electron chi connectivity index (χ0n) is 25.2. The summed E-state index contributed by atoms with van der Waals surface area (Å²) in [6, 6.07) is 19.3. The fraction of sp³-hybridized carbons (Fsp3) is 0.459. The Labute approximate surface area is 254 Å². The summed E-state index contributed by atoms with van der Waals surface area (Å²) in [5.74, 6) is 1.90. The van der Waals surface area contributed by atoms with Gasteiger partial charge < -0.3 is 19.9 Å². The summed E-state index contributed by atoms with van der Waals surface area (Å²) < 4.78 is 6.31. The Morgan fingerprint density at radius 2 is 1.77 bits per heavy atom. The molecule has 0 radical (unpaired) electrons. The average molecular weight is 576 g/mol. The molecule has 4 heterocycles. The maximum Gasteiger partial charge on any atom is 0.258 e. The molecule has 0 aromatic heterocycles. The second kappa shape index (κ2) is 10.5. The van der Waals surface area contributed by atoms with Crippen molar-refractivity contribution in [3.63, 3.8) is 0 Å². The first-order valence-corrected chi connectivity index (χ1v) is 16.4. The Balaban J connectivity index is 1.11. The number of aryl methyl sites for hydroxylation is 1. The van der Waals surface area contributed by atoms with Crippen LogP contribution in [0.25, 0.3) is 11.1 Å². The van der Waals surface area contributed by atoms with Gasteiger partial charge >= 0.3 is 0 Å². The maximum absolute atomic E-state index is 14.4. The van der Waals surface area contributed by atoms with Crippen LogP contribution >= 0.6 is 0 Å². The van der Waals surface area contributed by atoms with Gasteiger partial charge in [-0.25, -0.2) is 0 Å². The van der Waals surface area contributed by atoms with Crippen LogP contribution in [-0.2, 0) is 16.6 Å². The molecule has 3 fully saturated rings. The van der Waals surface area contributed by atoms with E-state index in [0.717, 1.165) is 91.3 Å². The molecule has 3 aromatic rings. The van der Waals surface area contributed by atoms with Gasteiger partial charge in [-0.05, 0) is 123 Å². The van der Waals surface area contributed by atoms with Crippen LogP contribution in [0.4, 0.5) is 11.4 Å². The molecule has 8 rings (SSSR count). The number of anilines is 2. The first-order valence-electron chi connectivity index (χ1n) is 16.4. The second-order valence-corrected chi connectivity index (χ2v) is 13.5. The lowest BCUT2D eigenvalue weighted by molar-refractivity contribution is -0.117. The van der Waals surface area contributed by atoms with E-state index in [0.29, 0.717) is 12.3 Å². The Bertz CT molecular complexity index is 1580. The molecule has 222 valence electrons. The van der Waals surface area contributed by atoms with Crippen LogP contribution in [0.2, 0.25) is 0 Å². The van der Waals surface area contributed by atoms with Crippen molar-refractivity contribution in [1.29, 1.82) is 0 Å². The fourth-order valence-electron chi connectivity index (χ4n) is 8.61. The average Bonchev–Trinajstić information content (AvgIpc) is 3.84. The SMILES string of the molecule is Cc1cc(N2CCCC2=O)ccc1-c1ccc(C(=O)N2c3cc4c(cc3CC2C2CCCC2)OCC42CCNCC2)cc1. The van der Waals surface area contributed by atoms with Crippen LogP contribution in [0.15, 0.2) is 54.6 Å². The number of nitrogens with zero attached hydrogens (tertiary/aromatic N) is 2. The van der Waals surface area contributed by atoms with Crippen LogP contribution < -0.4 is 19.9 Å². The molecule has 6 nitrogen and oxygen atoms in total. The third-order valence-electron chi connectivity index (χ3n) is 11.0. The van der Waals surface area contributed by atoms with Crippen LogP contribution in [0.1, 0.15) is 78.4 Å². The van der Waals surface area contributed by atoms with Gasteiger partial charge in [-0.2, -0.15) is 0 Å². The van der Waals surface area contributed by atoms with Gasteiger partial charge in [-0.1, -0.05) is 31.0 Å². The molecule has 2 saturated heterocycles. The Morgan fingerprint density at radius 3 is 2.49 bits per heavy atom. The molecule has 0 bridgehead atoms. The Hall–Kier alpha value is -3.64. The number of hydrogen-bond acceptors (Lipinski definition) is 4. The largest absolute Gasteiger partial charge is 0.492 e. The molecule has 2 amide bonds. The number of benzene rings is 3. The standard InChI is InChI=1S/C37H41N3O3/c1-24-19-29(39-18-4-7-35(39)41)12-13-30(24)25-8-10-27(11-9-25)36(42)40-32(26-5-2-3-6-26)20-28-21-34-31(22-33(28)40)37(23-43-34)14-16-38-17-15-37/h8-13,19,21-22,26,32,38H,2-7,14-18,20,23H2,1H3. The van der Waals surface area contributed by atoms with Gasteiger partial charge in [0.15, 0.2) is 0 Å². The monoisotopic (exact) mass is 575 g/mol. The smallest absolute Gasteiger partial charge is 0.258 e. The zero-order valence-corrected chi connectivity index (χ0v) is 25.2. The summed E-state index contributed by atoms with van der Waals surface area (Å²) in [5.41, 5.74) is 8.81. The van der Waals surface area contributed by atoms with Gasteiger partial charge in [-0.15, -0.1) is 0 Å². The van der Waals surface area contributed by atoms with Crippen molar-refractivity contribution in [1.82, 2.24) is 5.32 Å². The van der Waals surface area contributed by atoms with E-state index in [4.69, 9.17) is 4.74 Å². The van der Waals surface area contributed by atoms with Crippen LogP contribution in [0.5, 0.6) is 5.75 Å². The first kappa shape index (κ1) is 26.9. The van der Waals surface area contributed by atoms with E-state index in [1.165, 1.54) is 36.8 Å². The Kier molecular flexibility index (Phi) is 6.59. The summed E-state index contributed by atoms with van der Waals surface area (Å²) in [4.78, 5) is 30.7. The maximum atomic E-state index is 14.4. The number of rotatable bonds is 4. The lowest BCUT2D eigenvalue weighted by Crippen LogP contribution is -2.42. The number of ether oxygens (including phenoxy) is 1. The Morgan fingerprint density at radius 1 is 0.977 bits per heavy atom. The van der Waals surface area contributed by atoms with E-state index in [-0.39, 0.29) is 23.3 Å². The highest BCUT2D eigenvalue weighted by molar-refractivity contribution is 6.08. The molecule has 4 aliphatic heterocycles. The van der Waals surface area contributed by atoms with Crippen molar-refractivity contribution < 1.29 is 14.3 Å². The van der Waals surface area contributed by atoms with Gasteiger partial charge in [0.2, 0.25) is 5.91 Å². The highest BCUT2D eigenvalue weighted by Gasteiger charge is 2.46. The quantitative estimate of drug-likeness (QED) is 0.383. The van der Waals surface area contributed by atoms with E-state index in [1.54, 1.807) is 0 Å². The molecule has 1 N–H and O–H groups in total. The third-order valence-corrected chi connectivity index (χ3v) is 11.0. The van der Waals surface area contributed by atoms with Gasteiger partial charge in [-0.3, -0.25) is 9.59 Å². The number of nitrogens with one attached hydrogen (secondary N) is 1. The molecule has 1 atom stereocenters. The van der Waals surface area contributed by atoms with Crippen molar-refractivity contribution in [3.05, 3.63) is 76.9 Å². The molecule has 43 heavy (non-hydrogen) atoms. The minimum Gasteiger partial charge on any atom is -0.492 e. The fourth-order valence-corrected chi connectivity index (χ4v) is 8.61. The van der Waals surface area contributed by atoms with Crippen molar-refractivity contribution in [2.75, 3.05) is 36.0 Å². The lowest BCUT2D eigenvalue weighted by atomic mass is 9.74. The van der Waals surface area contributed by atoms with Crippen molar-refractivity contribution in [2.45, 2.75) is 76.2 Å². The van der Waals surface area contributed by atoms with Gasteiger partial charge in [0, 0.05) is 46.9 Å². The number of amides is 2. The lowest BCUT2D eigenvalue weighted by Gasteiger charge is -2.34. The molecule has 6 heteroatoms. The summed E-state index contributed by atoms with van der Waals surface area (Å²) in [6.45, 7) is 5.67. The topological polar surface area (TPSA) is 61.9 Å². The number of piperidine rings is 1. The third kappa shape index (κ3) is 4.48. The first-order chi connectivity index (χ1) is 21.0. The van der Waals surface area contributed by atoms with Crippen molar-refractivity contribution in [3.8, 4) is 16.9 Å². The number of carbonyl (C=O) groups is 2. The van der Waals surface area contributed by atoms with Gasteiger partial charge in [0.05, 0.1) is 6.61 Å². The minimum atomic E-state index is 0.0624. The number of carbonyl (C=O) groups excluding carboxylic acids is 2. The van der Waals surface area contributed by atoms with Crippen molar-refractivity contribution >= 4 is 23.2 Å². The summed E-state index contributed by atoms with van der Waals surface area (Å²) in [5, 5.41) is 3.51. The summed E-state index contributed by atoms with van der Waals surface area (Å²) in [7, 11) is 0. The van der Waals surface area contributed by atoms with Crippen molar-refractivity contribution in [2.24, 2.45) is 5.92 Å². The highest BCUT2D eigenvalue weighted by atomic mass is 16.5. The highest BCUT2D eigenvalue weighted by Crippen LogP contribution is 2.50. The second-order valence-electron chi connectivity index (χ2n) is 13.5. The minimum absolute atomic E-state index is 0.0624. The van der Waals surface area contributed by atoms with E-state index < -0.39 is 0 Å². The van der Waals surface area contributed by atoms with Crippen LogP contribution in [0.3, 0.4) is 0 Å². The van der Waals surface area contributed by atoms with E-state index >= 15 is 0 Å². The van der Waals surface area contributed by atoms with Gasteiger partial charge in [0.25, 0.3) is 5.91 Å². The van der Waals surface area contributed by atoms with E-state index in [2.05, 4.69) is 59.6 Å². The number of fused-ring (bicyclic) bond motifs is 3. The van der Waals surface area contributed by atoms with Crippen LogP contribution in [0, 0.1) is 12.8 Å². The molecular formula is C37H41N3O3. The predicted molar refractivity (Wildman–Crippen MR) is 170 cm³/mol. The molecule has 1 spiro atoms. The summed E-state index contributed by atoms with van der Waals surface area (Å²) >= 11 is 0. The van der Waals surface area contributed by atoms with E-state index in [9.17, 15) is 9.59 Å².